The molecule has 0 unspecified atom stereocenters. The number of carboxylic acids is 4. The van der Waals surface area contributed by atoms with Crippen LogP contribution in [0.1, 0.15) is 29.1 Å². The summed E-state index contributed by atoms with van der Waals surface area (Å²) in [6.45, 7) is 10.3. The van der Waals surface area contributed by atoms with E-state index in [4.69, 9.17) is 39.6 Å². The SMILES string of the molecule is C=C.CC(=O)O.CC(=O)O.CC(=O)O.CC(=O)O.N.N.O.O.[H-].[Na+]. The zero-order valence-corrected chi connectivity index (χ0v) is 16.3. The standard InChI is InChI=1S/4C2H4O2.C2H4.2H3N.Na.2H2O.H/c4*1-2(3)4;1-2;;;;;;/h4*1H3,(H,3,4);1-2H2;2*1H3;;2*1H2;/q;;;;;;;+1;;;-1. The van der Waals surface area contributed by atoms with Crippen molar-refractivity contribution in [2.75, 3.05) is 0 Å². The van der Waals surface area contributed by atoms with E-state index in [1.807, 2.05) is 0 Å². The van der Waals surface area contributed by atoms with Gasteiger partial charge in [-0.15, -0.1) is 13.2 Å². The van der Waals surface area contributed by atoms with E-state index in [2.05, 4.69) is 13.2 Å². The molecule has 0 saturated heterocycles. The molecule has 0 aromatic rings. The zero-order valence-electron chi connectivity index (χ0n) is 15.3. The summed E-state index contributed by atoms with van der Waals surface area (Å²) in [5, 5.41) is 29.7. The van der Waals surface area contributed by atoms with Crippen molar-refractivity contribution in [3.8, 4) is 0 Å². The van der Waals surface area contributed by atoms with Crippen LogP contribution in [0.2, 0.25) is 0 Å². The van der Waals surface area contributed by atoms with Crippen molar-refractivity contribution in [2.45, 2.75) is 27.7 Å². The van der Waals surface area contributed by atoms with Crippen LogP contribution in [0, 0.1) is 0 Å². The van der Waals surface area contributed by atoms with Gasteiger partial charge >= 0.3 is 29.6 Å². The van der Waals surface area contributed by atoms with E-state index in [9.17, 15) is 0 Å². The largest absolute Gasteiger partial charge is 1.00 e. The molecule has 0 aromatic carbocycles. The van der Waals surface area contributed by atoms with E-state index in [0.29, 0.717) is 0 Å². The van der Waals surface area contributed by atoms with Crippen molar-refractivity contribution in [1.82, 2.24) is 12.3 Å². The third-order valence-corrected chi connectivity index (χ3v) is 0. The van der Waals surface area contributed by atoms with E-state index in [1.165, 1.54) is 0 Å². The van der Waals surface area contributed by atoms with Crippen LogP contribution in [0.5, 0.6) is 0 Å². The van der Waals surface area contributed by atoms with Gasteiger partial charge in [-0.3, -0.25) is 19.2 Å². The predicted molar refractivity (Wildman–Crippen MR) is 82.9 cm³/mol. The normalized spacial score (nSPS) is 4.52. The van der Waals surface area contributed by atoms with E-state index >= 15 is 0 Å². The monoisotopic (exact) mass is 362 g/mol. The van der Waals surface area contributed by atoms with Crippen molar-refractivity contribution in [3.63, 3.8) is 0 Å². The Labute approximate surface area is 158 Å². The summed E-state index contributed by atoms with van der Waals surface area (Å²) >= 11 is 0. The Morgan fingerprint density at radius 3 is 0.609 bits per heavy atom. The molecule has 0 radical (unpaired) electrons. The second-order valence-corrected chi connectivity index (χ2v) is 2.08. The van der Waals surface area contributed by atoms with Crippen LogP contribution in [-0.2, 0) is 19.2 Å². The molecule has 0 aliphatic carbocycles. The van der Waals surface area contributed by atoms with Gasteiger partial charge in [0, 0.05) is 27.7 Å². The molecule has 14 N–H and O–H groups in total. The van der Waals surface area contributed by atoms with E-state index in [0.717, 1.165) is 27.7 Å². The first-order valence-electron chi connectivity index (χ1n) is 4.21. The number of rotatable bonds is 0. The second kappa shape index (κ2) is 70.8. The fourth-order valence-electron chi connectivity index (χ4n) is 0. The van der Waals surface area contributed by atoms with Crippen LogP contribution in [0.4, 0.5) is 0 Å². The fourth-order valence-corrected chi connectivity index (χ4v) is 0. The zero-order chi connectivity index (χ0) is 16.3. The minimum absolute atomic E-state index is 0. The van der Waals surface area contributed by atoms with Gasteiger partial charge in [0.2, 0.25) is 0 Å². The van der Waals surface area contributed by atoms with Crippen LogP contribution >= 0.6 is 0 Å². The second-order valence-electron chi connectivity index (χ2n) is 2.08. The molecule has 0 rings (SSSR count). The van der Waals surface area contributed by atoms with Gasteiger partial charge < -0.3 is 45.1 Å². The van der Waals surface area contributed by atoms with Crippen LogP contribution in [0.3, 0.4) is 0 Å². The van der Waals surface area contributed by atoms with Crippen molar-refractivity contribution >= 4 is 23.9 Å². The topological polar surface area (TPSA) is 282 Å². The van der Waals surface area contributed by atoms with Crippen molar-refractivity contribution < 1.29 is 81.5 Å². The number of hydrogen-bond donors (Lipinski definition) is 6. The Morgan fingerprint density at radius 2 is 0.609 bits per heavy atom. The average Bonchev–Trinajstić information content (AvgIpc) is 2.01. The summed E-state index contributed by atoms with van der Waals surface area (Å²) in [6.07, 6.45) is 0. The van der Waals surface area contributed by atoms with Crippen LogP contribution < -0.4 is 41.9 Å². The van der Waals surface area contributed by atoms with E-state index in [1.54, 1.807) is 0 Å². The molecule has 0 amide bonds. The minimum atomic E-state index is -0.833. The molecule has 0 heterocycles. The van der Waals surface area contributed by atoms with Crippen LogP contribution in [-0.4, -0.2) is 55.3 Å². The van der Waals surface area contributed by atoms with Gasteiger partial charge in [0.25, 0.3) is 23.9 Å². The molecule has 142 valence electrons. The molecule has 0 bridgehead atoms. The Morgan fingerprint density at radius 1 is 0.609 bits per heavy atom. The summed E-state index contributed by atoms with van der Waals surface area (Å²) in [7, 11) is 0. The molecule has 0 aliphatic heterocycles. The quantitative estimate of drug-likeness (QED) is 0.187. The number of carboxylic acid groups (broad SMARTS) is 4. The molecule has 13 heteroatoms. The van der Waals surface area contributed by atoms with Crippen molar-refractivity contribution in [3.05, 3.63) is 13.2 Å². The molecule has 0 spiro atoms. The molecule has 0 saturated carbocycles. The summed E-state index contributed by atoms with van der Waals surface area (Å²) < 4.78 is 0. The number of carbonyl (C=O) groups is 4. The summed E-state index contributed by atoms with van der Waals surface area (Å²) in [6, 6.07) is 0. The van der Waals surface area contributed by atoms with Crippen molar-refractivity contribution in [1.29, 1.82) is 0 Å². The van der Waals surface area contributed by atoms with Crippen LogP contribution in [0.25, 0.3) is 0 Å². The fraction of sp³-hybridized carbons (Fsp3) is 0.400. The first-order valence-corrected chi connectivity index (χ1v) is 4.21. The third kappa shape index (κ3) is 2940. The van der Waals surface area contributed by atoms with Gasteiger partial charge in [0.05, 0.1) is 0 Å². The van der Waals surface area contributed by atoms with Gasteiger partial charge in [0.1, 0.15) is 0 Å². The Bertz CT molecular complexity index is 194. The molecule has 0 aliphatic rings. The Balaban J connectivity index is -0.00000000932. The maximum atomic E-state index is 9.00. The van der Waals surface area contributed by atoms with Crippen molar-refractivity contribution in [2.24, 2.45) is 0 Å². The van der Waals surface area contributed by atoms with Gasteiger partial charge in [-0.05, 0) is 0 Å². The molecule has 0 atom stereocenters. The molecular weight excluding hydrogens is 331 g/mol. The predicted octanol–water partition coefficient (Wildman–Crippen LogP) is -3.04. The first kappa shape index (κ1) is 68.4. The maximum Gasteiger partial charge on any atom is 1.00 e. The molecule has 0 aromatic heterocycles. The summed E-state index contributed by atoms with van der Waals surface area (Å²) in [4.78, 5) is 36.0. The minimum Gasteiger partial charge on any atom is -1.00 e. The van der Waals surface area contributed by atoms with Gasteiger partial charge in [-0.2, -0.15) is 0 Å². The Kier molecular flexibility index (Phi) is 211. The summed E-state index contributed by atoms with van der Waals surface area (Å²) in [5.41, 5.74) is 0. The maximum absolute atomic E-state index is 9.00. The third-order valence-electron chi connectivity index (χ3n) is 0. The van der Waals surface area contributed by atoms with Gasteiger partial charge in [-0.25, -0.2) is 0 Å². The number of hydrogen-bond acceptors (Lipinski definition) is 6. The summed E-state index contributed by atoms with van der Waals surface area (Å²) in [5.74, 6) is -3.33. The molecule has 0 fully saturated rings. The Hall–Kier alpha value is -1.54. The van der Waals surface area contributed by atoms with E-state index < -0.39 is 23.9 Å². The van der Waals surface area contributed by atoms with Crippen LogP contribution in [0.15, 0.2) is 13.2 Å². The molecule has 12 nitrogen and oxygen atoms in total. The molecule has 23 heavy (non-hydrogen) atoms. The molecular formula is C10H31N2NaO10. The smallest absolute Gasteiger partial charge is 1.00 e. The van der Waals surface area contributed by atoms with E-state index in [-0.39, 0.29) is 54.2 Å². The van der Waals surface area contributed by atoms with Gasteiger partial charge in [-0.1, -0.05) is 0 Å². The van der Waals surface area contributed by atoms with Gasteiger partial charge in [0.15, 0.2) is 0 Å². The first-order chi connectivity index (χ1) is 7.93. The average molecular weight is 362 g/mol. The number of aliphatic carboxylic acids is 4.